The van der Waals surface area contributed by atoms with Crippen molar-refractivity contribution in [2.45, 2.75) is 13.5 Å². The van der Waals surface area contributed by atoms with Crippen LogP contribution in [-0.2, 0) is 6.54 Å². The molecule has 1 aliphatic rings. The number of carbonyl (C=O) groups excluding carboxylic acids is 1. The Bertz CT molecular complexity index is 619. The third-order valence-electron chi connectivity index (χ3n) is 2.84. The molecule has 0 aliphatic carbocycles. The van der Waals surface area contributed by atoms with Gasteiger partial charge in [0, 0.05) is 16.1 Å². The summed E-state index contributed by atoms with van der Waals surface area (Å²) in [5.74, 6) is 0.533. The number of aryl methyl sites for hydroxylation is 1. The zero-order valence-electron chi connectivity index (χ0n) is 9.08. The van der Waals surface area contributed by atoms with Gasteiger partial charge >= 0.3 is 0 Å². The molecule has 0 atom stereocenters. The number of carbonyl (C=O) groups is 1. The third-order valence-corrected chi connectivity index (χ3v) is 3.07. The van der Waals surface area contributed by atoms with E-state index in [1.54, 1.807) is 12.1 Å². The van der Waals surface area contributed by atoms with Gasteiger partial charge < -0.3 is 9.84 Å². The molecular formula is C12H9ClN2O2. The highest BCUT2D eigenvalue weighted by molar-refractivity contribution is 6.31. The van der Waals surface area contributed by atoms with Crippen LogP contribution in [0.4, 0.5) is 0 Å². The maximum atomic E-state index is 11.9. The summed E-state index contributed by atoms with van der Waals surface area (Å²) in [6.45, 7) is 2.21. The molecule has 0 saturated carbocycles. The monoisotopic (exact) mass is 248 g/mol. The molecule has 1 N–H and O–H groups in total. The van der Waals surface area contributed by atoms with E-state index >= 15 is 0 Å². The minimum Gasteiger partial charge on any atom is -0.359 e. The van der Waals surface area contributed by atoms with Crippen molar-refractivity contribution >= 4 is 17.5 Å². The first kappa shape index (κ1) is 10.4. The van der Waals surface area contributed by atoms with Crippen LogP contribution in [0.2, 0.25) is 5.02 Å². The summed E-state index contributed by atoms with van der Waals surface area (Å²) < 4.78 is 5.20. The molecule has 0 unspecified atom stereocenters. The van der Waals surface area contributed by atoms with Crippen molar-refractivity contribution in [2.24, 2.45) is 0 Å². The topological polar surface area (TPSA) is 55.1 Å². The smallest absolute Gasteiger partial charge is 0.252 e. The predicted octanol–water partition coefficient (Wildman–Crippen LogP) is 2.55. The van der Waals surface area contributed by atoms with Gasteiger partial charge in [-0.1, -0.05) is 22.8 Å². The standard InChI is InChI=1S/C12H9ClN2O2/c1-6-11-8-3-2-7(13)4-9(8)12(16)14-5-10(11)17-15-6/h2-4H,5H2,1H3,(H,14,16). The summed E-state index contributed by atoms with van der Waals surface area (Å²) in [4.78, 5) is 11.9. The van der Waals surface area contributed by atoms with Crippen molar-refractivity contribution in [3.05, 3.63) is 40.2 Å². The normalized spacial score (nSPS) is 13.6. The molecular weight excluding hydrogens is 240 g/mol. The number of rotatable bonds is 0. The van der Waals surface area contributed by atoms with Gasteiger partial charge in [-0.25, -0.2) is 0 Å². The molecule has 1 amide bonds. The second kappa shape index (κ2) is 3.60. The van der Waals surface area contributed by atoms with E-state index in [0.717, 1.165) is 16.8 Å². The Kier molecular flexibility index (Phi) is 2.19. The third kappa shape index (κ3) is 1.52. The van der Waals surface area contributed by atoms with Gasteiger partial charge in [0.15, 0.2) is 5.76 Å². The molecule has 1 aliphatic heterocycles. The molecule has 2 aromatic rings. The number of benzene rings is 1. The first-order valence-electron chi connectivity index (χ1n) is 5.20. The lowest BCUT2D eigenvalue weighted by Crippen LogP contribution is -2.21. The molecule has 0 fully saturated rings. The zero-order valence-corrected chi connectivity index (χ0v) is 9.84. The fraction of sp³-hybridized carbons (Fsp3) is 0.167. The average Bonchev–Trinajstić information content (AvgIpc) is 2.61. The fourth-order valence-electron chi connectivity index (χ4n) is 2.06. The lowest BCUT2D eigenvalue weighted by molar-refractivity contribution is 0.0949. The fourth-order valence-corrected chi connectivity index (χ4v) is 2.23. The van der Waals surface area contributed by atoms with Crippen molar-refractivity contribution in [2.75, 3.05) is 0 Å². The van der Waals surface area contributed by atoms with Crippen molar-refractivity contribution in [3.8, 4) is 11.1 Å². The summed E-state index contributed by atoms with van der Waals surface area (Å²) in [7, 11) is 0. The Morgan fingerprint density at radius 1 is 1.41 bits per heavy atom. The molecule has 86 valence electrons. The minimum atomic E-state index is -0.145. The number of fused-ring (bicyclic) bond motifs is 3. The first-order chi connectivity index (χ1) is 8.16. The molecule has 5 heteroatoms. The van der Waals surface area contributed by atoms with Crippen LogP contribution in [0, 0.1) is 6.92 Å². The van der Waals surface area contributed by atoms with E-state index < -0.39 is 0 Å². The van der Waals surface area contributed by atoms with E-state index in [1.165, 1.54) is 0 Å². The summed E-state index contributed by atoms with van der Waals surface area (Å²) in [6.07, 6.45) is 0. The van der Waals surface area contributed by atoms with E-state index in [9.17, 15) is 4.79 Å². The van der Waals surface area contributed by atoms with Crippen molar-refractivity contribution in [3.63, 3.8) is 0 Å². The van der Waals surface area contributed by atoms with Crippen molar-refractivity contribution in [1.29, 1.82) is 0 Å². The Balaban J connectivity index is 2.34. The number of nitrogens with one attached hydrogen (secondary N) is 1. The molecule has 1 aromatic heterocycles. The van der Waals surface area contributed by atoms with Gasteiger partial charge in [-0.05, 0) is 19.1 Å². The molecule has 0 bridgehead atoms. The van der Waals surface area contributed by atoms with Gasteiger partial charge in [0.2, 0.25) is 0 Å². The number of hydrogen-bond acceptors (Lipinski definition) is 3. The van der Waals surface area contributed by atoms with Crippen molar-refractivity contribution < 1.29 is 9.32 Å². The molecule has 4 nitrogen and oxygen atoms in total. The van der Waals surface area contributed by atoms with Gasteiger partial charge in [0.1, 0.15) is 0 Å². The van der Waals surface area contributed by atoms with Gasteiger partial charge in [-0.2, -0.15) is 0 Å². The summed E-state index contributed by atoms with van der Waals surface area (Å²) in [5, 5.41) is 7.23. The number of amides is 1. The highest BCUT2D eigenvalue weighted by Crippen LogP contribution is 2.33. The maximum Gasteiger partial charge on any atom is 0.252 e. The highest BCUT2D eigenvalue weighted by atomic mass is 35.5. The average molecular weight is 249 g/mol. The van der Waals surface area contributed by atoms with Crippen molar-refractivity contribution in [1.82, 2.24) is 10.5 Å². The molecule has 3 rings (SSSR count). The summed E-state index contributed by atoms with van der Waals surface area (Å²) in [6, 6.07) is 5.24. The Hall–Kier alpha value is -1.81. The molecule has 17 heavy (non-hydrogen) atoms. The van der Waals surface area contributed by atoms with Crippen LogP contribution in [0.5, 0.6) is 0 Å². The summed E-state index contributed by atoms with van der Waals surface area (Å²) >= 11 is 5.92. The summed E-state index contributed by atoms with van der Waals surface area (Å²) in [5.41, 5.74) is 3.04. The number of nitrogens with zero attached hydrogens (tertiary/aromatic N) is 1. The van der Waals surface area contributed by atoms with E-state index in [0.29, 0.717) is 22.9 Å². The van der Waals surface area contributed by atoms with Gasteiger partial charge in [-0.15, -0.1) is 0 Å². The highest BCUT2D eigenvalue weighted by Gasteiger charge is 2.24. The molecule has 0 saturated heterocycles. The van der Waals surface area contributed by atoms with Gasteiger partial charge in [0.25, 0.3) is 5.91 Å². The van der Waals surface area contributed by atoms with Crippen LogP contribution in [0.3, 0.4) is 0 Å². The number of halogens is 1. The lowest BCUT2D eigenvalue weighted by Gasteiger charge is -2.05. The largest absolute Gasteiger partial charge is 0.359 e. The van der Waals surface area contributed by atoms with Crippen LogP contribution >= 0.6 is 11.6 Å². The Morgan fingerprint density at radius 3 is 3.06 bits per heavy atom. The minimum absolute atomic E-state index is 0.145. The van der Waals surface area contributed by atoms with E-state index in [-0.39, 0.29) is 5.91 Å². The Labute approximate surface area is 103 Å². The maximum absolute atomic E-state index is 11.9. The lowest BCUT2D eigenvalue weighted by atomic mass is 9.99. The van der Waals surface area contributed by atoms with Gasteiger partial charge in [0.05, 0.1) is 17.8 Å². The molecule has 0 spiro atoms. The quantitative estimate of drug-likeness (QED) is 0.780. The van der Waals surface area contributed by atoms with Crippen LogP contribution in [0.15, 0.2) is 22.7 Å². The molecule has 0 radical (unpaired) electrons. The van der Waals surface area contributed by atoms with Crippen LogP contribution in [-0.4, -0.2) is 11.1 Å². The second-order valence-corrected chi connectivity index (χ2v) is 4.38. The van der Waals surface area contributed by atoms with Gasteiger partial charge in [-0.3, -0.25) is 4.79 Å². The molecule has 1 aromatic carbocycles. The zero-order chi connectivity index (χ0) is 12.0. The van der Waals surface area contributed by atoms with Crippen LogP contribution in [0.1, 0.15) is 21.8 Å². The van der Waals surface area contributed by atoms with E-state index in [2.05, 4.69) is 10.5 Å². The van der Waals surface area contributed by atoms with E-state index in [4.69, 9.17) is 16.1 Å². The van der Waals surface area contributed by atoms with Crippen LogP contribution in [0.25, 0.3) is 11.1 Å². The first-order valence-corrected chi connectivity index (χ1v) is 5.58. The molecule has 2 heterocycles. The van der Waals surface area contributed by atoms with Crippen LogP contribution < -0.4 is 5.32 Å². The van der Waals surface area contributed by atoms with E-state index in [1.807, 2.05) is 13.0 Å². The predicted molar refractivity (Wildman–Crippen MR) is 62.9 cm³/mol. The number of hydrogen-bond donors (Lipinski definition) is 1. The Morgan fingerprint density at radius 2 is 2.24 bits per heavy atom. The second-order valence-electron chi connectivity index (χ2n) is 3.94. The number of aromatic nitrogens is 1. The SMILES string of the molecule is Cc1noc2c1-c1ccc(Cl)cc1C(=O)NC2.